The van der Waals surface area contributed by atoms with Crippen LogP contribution in [0.1, 0.15) is 11.1 Å². The first-order valence-electron chi connectivity index (χ1n) is 5.57. The van der Waals surface area contributed by atoms with Crippen LogP contribution in [0.15, 0.2) is 41.4 Å². The molecule has 1 aromatic heterocycles. The fourth-order valence-electron chi connectivity index (χ4n) is 1.56. The number of hydrogen-bond acceptors (Lipinski definition) is 4. The zero-order valence-electron chi connectivity index (χ0n) is 10.5. The third-order valence-electron chi connectivity index (χ3n) is 2.59. The Morgan fingerprint density at radius 2 is 2.05 bits per heavy atom. The van der Waals surface area contributed by atoms with Crippen LogP contribution in [0.4, 0.5) is 10.2 Å². The molecule has 102 valence electrons. The fourth-order valence-corrected chi connectivity index (χ4v) is 2.65. The van der Waals surface area contributed by atoms with Crippen molar-refractivity contribution in [2.45, 2.75) is 11.8 Å². The van der Waals surface area contributed by atoms with E-state index in [9.17, 15) is 12.8 Å². The summed E-state index contributed by atoms with van der Waals surface area (Å²) >= 11 is 0. The Bertz CT molecular complexity index is 780. The van der Waals surface area contributed by atoms with Crippen molar-refractivity contribution in [3.8, 4) is 6.07 Å². The van der Waals surface area contributed by atoms with Crippen molar-refractivity contribution in [3.63, 3.8) is 0 Å². The van der Waals surface area contributed by atoms with E-state index in [1.54, 1.807) is 6.92 Å². The van der Waals surface area contributed by atoms with Gasteiger partial charge in [0.25, 0.3) is 10.0 Å². The normalized spacial score (nSPS) is 10.8. The van der Waals surface area contributed by atoms with Crippen LogP contribution in [0.25, 0.3) is 0 Å². The van der Waals surface area contributed by atoms with Gasteiger partial charge in [0.05, 0.1) is 22.7 Å². The molecule has 1 heterocycles. The highest BCUT2D eigenvalue weighted by molar-refractivity contribution is 7.92. The number of aryl methyl sites for hydroxylation is 1. The van der Waals surface area contributed by atoms with Gasteiger partial charge in [-0.3, -0.25) is 4.72 Å². The first kappa shape index (κ1) is 14.0. The molecule has 0 aliphatic heterocycles. The lowest BCUT2D eigenvalue weighted by Crippen LogP contribution is -2.14. The van der Waals surface area contributed by atoms with Gasteiger partial charge in [-0.25, -0.2) is 17.8 Å². The zero-order valence-corrected chi connectivity index (χ0v) is 11.3. The number of benzene rings is 1. The van der Waals surface area contributed by atoms with Gasteiger partial charge in [0.1, 0.15) is 11.6 Å². The second kappa shape index (κ2) is 5.27. The number of nitrogens with one attached hydrogen (secondary N) is 1. The van der Waals surface area contributed by atoms with Crippen LogP contribution in [-0.4, -0.2) is 13.4 Å². The molecular formula is C13H10FN3O2S. The second-order valence-corrected chi connectivity index (χ2v) is 5.74. The molecule has 1 aromatic carbocycles. The van der Waals surface area contributed by atoms with Gasteiger partial charge in [0, 0.05) is 0 Å². The number of halogens is 1. The lowest BCUT2D eigenvalue weighted by atomic mass is 10.1. The summed E-state index contributed by atoms with van der Waals surface area (Å²) in [5, 5.41) is 8.81. The molecule has 2 aromatic rings. The monoisotopic (exact) mass is 291 g/mol. The van der Waals surface area contributed by atoms with E-state index in [1.165, 1.54) is 24.3 Å². The number of nitriles is 1. The van der Waals surface area contributed by atoms with E-state index in [4.69, 9.17) is 5.26 Å². The van der Waals surface area contributed by atoms with Gasteiger partial charge in [-0.1, -0.05) is 0 Å². The first-order chi connectivity index (χ1) is 9.42. The molecule has 0 saturated carbocycles. The third kappa shape index (κ3) is 2.92. The average Bonchev–Trinajstić information content (AvgIpc) is 2.41. The van der Waals surface area contributed by atoms with Crippen LogP contribution < -0.4 is 4.72 Å². The van der Waals surface area contributed by atoms with Gasteiger partial charge in [0.15, 0.2) is 0 Å². The molecule has 0 radical (unpaired) electrons. The molecule has 0 aliphatic carbocycles. The van der Waals surface area contributed by atoms with Crippen molar-refractivity contribution in [1.82, 2.24) is 4.98 Å². The quantitative estimate of drug-likeness (QED) is 0.939. The van der Waals surface area contributed by atoms with Crippen molar-refractivity contribution >= 4 is 15.8 Å². The Morgan fingerprint density at radius 3 is 2.60 bits per heavy atom. The van der Waals surface area contributed by atoms with Gasteiger partial charge in [-0.15, -0.1) is 0 Å². The maximum absolute atomic E-state index is 12.7. The molecule has 0 atom stereocenters. The molecule has 5 nitrogen and oxygen atoms in total. The summed E-state index contributed by atoms with van der Waals surface area (Å²) < 4.78 is 39.2. The van der Waals surface area contributed by atoms with Gasteiger partial charge in [-0.05, 0) is 42.8 Å². The van der Waals surface area contributed by atoms with E-state index >= 15 is 0 Å². The summed E-state index contributed by atoms with van der Waals surface area (Å²) in [5.41, 5.74) is 0.964. The van der Waals surface area contributed by atoms with E-state index in [0.717, 1.165) is 12.3 Å². The predicted octanol–water partition coefficient (Wildman–Crippen LogP) is 2.20. The van der Waals surface area contributed by atoms with Gasteiger partial charge in [0.2, 0.25) is 0 Å². The highest BCUT2D eigenvalue weighted by atomic mass is 32.2. The number of rotatable bonds is 3. The van der Waals surface area contributed by atoms with Crippen molar-refractivity contribution in [3.05, 3.63) is 53.5 Å². The van der Waals surface area contributed by atoms with Crippen LogP contribution >= 0.6 is 0 Å². The molecule has 0 spiro atoms. The number of sulfonamides is 1. The smallest absolute Gasteiger partial charge is 0.263 e. The van der Waals surface area contributed by atoms with E-state index in [1.807, 2.05) is 6.07 Å². The Hall–Kier alpha value is -2.46. The van der Waals surface area contributed by atoms with Gasteiger partial charge < -0.3 is 0 Å². The Morgan fingerprint density at radius 1 is 1.30 bits per heavy atom. The Kier molecular flexibility index (Phi) is 3.68. The third-order valence-corrected chi connectivity index (χ3v) is 3.95. The first-order valence-corrected chi connectivity index (χ1v) is 7.06. The molecule has 20 heavy (non-hydrogen) atoms. The summed E-state index contributed by atoms with van der Waals surface area (Å²) in [6.07, 6.45) is 0.919. The maximum atomic E-state index is 12.7. The fraction of sp³-hybridized carbons (Fsp3) is 0.0769. The molecule has 0 aliphatic rings. The number of pyridine rings is 1. The predicted molar refractivity (Wildman–Crippen MR) is 70.9 cm³/mol. The number of aromatic nitrogens is 1. The maximum Gasteiger partial charge on any atom is 0.263 e. The molecule has 2 rings (SSSR count). The summed E-state index contributed by atoms with van der Waals surface area (Å²) in [7, 11) is -3.82. The number of nitrogens with zero attached hydrogens (tertiary/aromatic N) is 2. The van der Waals surface area contributed by atoms with E-state index in [-0.39, 0.29) is 10.7 Å². The van der Waals surface area contributed by atoms with E-state index in [2.05, 4.69) is 9.71 Å². The van der Waals surface area contributed by atoms with Crippen molar-refractivity contribution in [2.24, 2.45) is 0 Å². The summed E-state index contributed by atoms with van der Waals surface area (Å²) in [4.78, 5) is 3.64. The Labute approximate surface area is 115 Å². The Balaban J connectivity index is 2.33. The summed E-state index contributed by atoms with van der Waals surface area (Å²) in [6.45, 7) is 1.65. The average molecular weight is 291 g/mol. The molecule has 0 amide bonds. The minimum atomic E-state index is -3.82. The van der Waals surface area contributed by atoms with E-state index < -0.39 is 15.8 Å². The highest BCUT2D eigenvalue weighted by Crippen LogP contribution is 2.17. The number of anilines is 1. The number of hydrogen-bond donors (Lipinski definition) is 1. The summed E-state index contributed by atoms with van der Waals surface area (Å²) in [5.74, 6) is -0.532. The highest BCUT2D eigenvalue weighted by Gasteiger charge is 2.16. The zero-order chi connectivity index (χ0) is 14.8. The topological polar surface area (TPSA) is 82.8 Å². The molecule has 1 N–H and O–H groups in total. The second-order valence-electron chi connectivity index (χ2n) is 4.06. The molecule has 0 fully saturated rings. The SMILES string of the molecule is Cc1cc(S(=O)(=O)Nc2ccc(F)cn2)ccc1C#N. The van der Waals surface area contributed by atoms with Crippen LogP contribution in [-0.2, 0) is 10.0 Å². The van der Waals surface area contributed by atoms with Gasteiger partial charge in [-0.2, -0.15) is 5.26 Å². The minimum absolute atomic E-state index is 0.0140. The largest absolute Gasteiger partial charge is 0.263 e. The summed E-state index contributed by atoms with van der Waals surface area (Å²) in [6, 6.07) is 8.45. The van der Waals surface area contributed by atoms with Crippen molar-refractivity contribution < 1.29 is 12.8 Å². The van der Waals surface area contributed by atoms with Crippen molar-refractivity contribution in [1.29, 1.82) is 5.26 Å². The minimum Gasteiger partial charge on any atom is -0.263 e. The van der Waals surface area contributed by atoms with Crippen molar-refractivity contribution in [2.75, 3.05) is 4.72 Å². The molecule has 7 heteroatoms. The van der Waals surface area contributed by atoms with Crippen LogP contribution in [0, 0.1) is 24.1 Å². The lowest BCUT2D eigenvalue weighted by Gasteiger charge is -2.08. The van der Waals surface area contributed by atoms with Gasteiger partial charge >= 0.3 is 0 Å². The molecule has 0 unspecified atom stereocenters. The van der Waals surface area contributed by atoms with E-state index in [0.29, 0.717) is 11.1 Å². The molecular weight excluding hydrogens is 281 g/mol. The van der Waals surface area contributed by atoms with Crippen LogP contribution in [0.2, 0.25) is 0 Å². The standard InChI is InChI=1S/C13H10FN3O2S/c1-9-6-12(4-2-10(9)7-15)20(18,19)17-13-5-3-11(14)8-16-13/h2-6,8H,1H3,(H,16,17). The lowest BCUT2D eigenvalue weighted by molar-refractivity contribution is 0.600. The molecule has 0 bridgehead atoms. The van der Waals surface area contributed by atoms with Crippen LogP contribution in [0.3, 0.4) is 0 Å². The molecule has 0 saturated heterocycles. The van der Waals surface area contributed by atoms with Crippen LogP contribution in [0.5, 0.6) is 0 Å².